The van der Waals surface area contributed by atoms with Crippen molar-refractivity contribution in [3.63, 3.8) is 0 Å². The molecule has 1 heterocycles. The van der Waals surface area contributed by atoms with E-state index in [2.05, 4.69) is 9.97 Å². The van der Waals surface area contributed by atoms with E-state index in [4.69, 9.17) is 17.3 Å². The zero-order valence-corrected chi connectivity index (χ0v) is 7.10. The summed E-state index contributed by atoms with van der Waals surface area (Å²) in [4.78, 5) is 7.12. The molecule has 3 N–H and O–H groups in total. The van der Waals surface area contributed by atoms with Gasteiger partial charge in [0.15, 0.2) is 0 Å². The summed E-state index contributed by atoms with van der Waals surface area (Å²) in [6, 6.07) is 3.69. The number of nitrogens with one attached hydrogen (secondary N) is 1. The number of alkyl halides is 1. The minimum absolute atomic E-state index is 0.437. The lowest BCUT2D eigenvalue weighted by Crippen LogP contribution is -1.88. The maximum atomic E-state index is 5.73. The van der Waals surface area contributed by atoms with Gasteiger partial charge in [0.2, 0.25) is 0 Å². The number of nitrogens with two attached hydrogens (primary N) is 1. The Labute approximate surface area is 74.5 Å². The lowest BCUT2D eigenvalue weighted by atomic mass is 10.2. The van der Waals surface area contributed by atoms with Gasteiger partial charge in [-0.05, 0) is 17.7 Å². The number of aromatic nitrogens is 2. The van der Waals surface area contributed by atoms with Crippen molar-refractivity contribution in [2.24, 2.45) is 0 Å². The van der Waals surface area contributed by atoms with E-state index in [1.165, 1.54) is 0 Å². The van der Waals surface area contributed by atoms with Crippen LogP contribution in [0.15, 0.2) is 18.5 Å². The van der Waals surface area contributed by atoms with E-state index in [0.717, 1.165) is 16.6 Å². The van der Waals surface area contributed by atoms with Crippen LogP contribution in [0.4, 0.5) is 5.69 Å². The predicted molar refractivity (Wildman–Crippen MR) is 50.1 cm³/mol. The number of rotatable bonds is 1. The molecular weight excluding hydrogens is 174 g/mol. The van der Waals surface area contributed by atoms with E-state index >= 15 is 0 Å². The van der Waals surface area contributed by atoms with Crippen LogP contribution in [-0.4, -0.2) is 9.97 Å². The largest absolute Gasteiger partial charge is 0.399 e. The summed E-state index contributed by atoms with van der Waals surface area (Å²) < 4.78 is 0. The number of aromatic amines is 1. The Bertz CT molecular complexity index is 408. The van der Waals surface area contributed by atoms with Crippen molar-refractivity contribution >= 4 is 28.3 Å². The van der Waals surface area contributed by atoms with Crippen LogP contribution in [-0.2, 0) is 5.88 Å². The number of fused-ring (bicyclic) bond motifs is 1. The second-order valence-electron chi connectivity index (χ2n) is 2.61. The highest BCUT2D eigenvalue weighted by Crippen LogP contribution is 2.20. The topological polar surface area (TPSA) is 54.7 Å². The molecule has 0 spiro atoms. The molecule has 1 aromatic heterocycles. The smallest absolute Gasteiger partial charge is 0.0932 e. The molecule has 0 aliphatic heterocycles. The molecule has 0 saturated carbocycles. The number of hydrogen-bond acceptors (Lipinski definition) is 2. The van der Waals surface area contributed by atoms with Gasteiger partial charge in [-0.2, -0.15) is 0 Å². The fourth-order valence-corrected chi connectivity index (χ4v) is 1.45. The molecule has 0 unspecified atom stereocenters. The van der Waals surface area contributed by atoms with Crippen LogP contribution < -0.4 is 5.73 Å². The first-order chi connectivity index (χ1) is 5.81. The molecule has 3 nitrogen and oxygen atoms in total. The first kappa shape index (κ1) is 7.43. The minimum atomic E-state index is 0.437. The van der Waals surface area contributed by atoms with Crippen LogP contribution in [0.25, 0.3) is 11.0 Å². The molecule has 0 radical (unpaired) electrons. The Morgan fingerprint density at radius 1 is 1.50 bits per heavy atom. The van der Waals surface area contributed by atoms with Crippen molar-refractivity contribution in [2.45, 2.75) is 5.88 Å². The van der Waals surface area contributed by atoms with Crippen molar-refractivity contribution in [1.82, 2.24) is 9.97 Å². The van der Waals surface area contributed by atoms with Crippen LogP contribution in [0.1, 0.15) is 5.56 Å². The molecule has 2 aromatic rings. The van der Waals surface area contributed by atoms with Crippen LogP contribution >= 0.6 is 11.6 Å². The van der Waals surface area contributed by atoms with Crippen molar-refractivity contribution in [1.29, 1.82) is 0 Å². The Balaban J connectivity index is 2.80. The summed E-state index contributed by atoms with van der Waals surface area (Å²) in [6.45, 7) is 0. The summed E-state index contributed by atoms with van der Waals surface area (Å²) >= 11 is 5.73. The lowest BCUT2D eigenvalue weighted by molar-refractivity contribution is 1.33. The van der Waals surface area contributed by atoms with Gasteiger partial charge in [0.1, 0.15) is 0 Å². The maximum Gasteiger partial charge on any atom is 0.0932 e. The van der Waals surface area contributed by atoms with Gasteiger partial charge in [-0.15, -0.1) is 11.6 Å². The van der Waals surface area contributed by atoms with Crippen molar-refractivity contribution < 1.29 is 0 Å². The lowest BCUT2D eigenvalue weighted by Gasteiger charge is -1.98. The van der Waals surface area contributed by atoms with Gasteiger partial charge in [-0.25, -0.2) is 4.98 Å². The third kappa shape index (κ3) is 1.02. The van der Waals surface area contributed by atoms with E-state index in [1.54, 1.807) is 6.33 Å². The number of imidazole rings is 1. The first-order valence-electron chi connectivity index (χ1n) is 3.58. The number of H-pyrrole nitrogens is 1. The zero-order chi connectivity index (χ0) is 8.55. The predicted octanol–water partition coefficient (Wildman–Crippen LogP) is 1.88. The van der Waals surface area contributed by atoms with Crippen molar-refractivity contribution in [2.75, 3.05) is 5.73 Å². The molecule has 0 bridgehead atoms. The van der Waals surface area contributed by atoms with Gasteiger partial charge in [0, 0.05) is 11.6 Å². The highest BCUT2D eigenvalue weighted by molar-refractivity contribution is 6.18. The van der Waals surface area contributed by atoms with Crippen LogP contribution in [0.5, 0.6) is 0 Å². The Kier molecular flexibility index (Phi) is 1.66. The monoisotopic (exact) mass is 181 g/mol. The van der Waals surface area contributed by atoms with Gasteiger partial charge in [0.25, 0.3) is 0 Å². The number of nitrogen functional groups attached to an aromatic ring is 1. The molecule has 12 heavy (non-hydrogen) atoms. The molecule has 0 amide bonds. The molecule has 4 heteroatoms. The Hall–Kier alpha value is -1.22. The summed E-state index contributed by atoms with van der Waals surface area (Å²) in [5.41, 5.74) is 9.17. The SMILES string of the molecule is Nc1cc(CCl)c2nc[nH]c2c1. The summed E-state index contributed by atoms with van der Waals surface area (Å²) in [6.07, 6.45) is 1.64. The van der Waals surface area contributed by atoms with Gasteiger partial charge in [0.05, 0.1) is 17.4 Å². The molecule has 0 atom stereocenters. The fourth-order valence-electron chi connectivity index (χ4n) is 1.25. The second kappa shape index (κ2) is 2.68. The summed E-state index contributed by atoms with van der Waals surface area (Å²) in [7, 11) is 0. The van der Waals surface area contributed by atoms with E-state index in [1.807, 2.05) is 12.1 Å². The fraction of sp³-hybridized carbons (Fsp3) is 0.125. The van der Waals surface area contributed by atoms with Gasteiger partial charge in [-0.1, -0.05) is 0 Å². The maximum absolute atomic E-state index is 5.73. The van der Waals surface area contributed by atoms with Gasteiger partial charge < -0.3 is 10.7 Å². The standard InChI is InChI=1S/C8H8ClN3/c9-3-5-1-6(10)2-7-8(5)12-4-11-7/h1-2,4H,3,10H2,(H,11,12). The number of halogens is 1. The second-order valence-corrected chi connectivity index (χ2v) is 2.88. The van der Waals surface area contributed by atoms with E-state index in [0.29, 0.717) is 11.6 Å². The van der Waals surface area contributed by atoms with Crippen LogP contribution in [0, 0.1) is 0 Å². The van der Waals surface area contributed by atoms with Gasteiger partial charge in [-0.3, -0.25) is 0 Å². The highest BCUT2D eigenvalue weighted by atomic mass is 35.5. The zero-order valence-electron chi connectivity index (χ0n) is 6.34. The van der Waals surface area contributed by atoms with Crippen molar-refractivity contribution in [3.05, 3.63) is 24.0 Å². The summed E-state index contributed by atoms with van der Waals surface area (Å²) in [5, 5.41) is 0. The quantitative estimate of drug-likeness (QED) is 0.522. The Morgan fingerprint density at radius 2 is 2.33 bits per heavy atom. The van der Waals surface area contributed by atoms with Crippen LogP contribution in [0.2, 0.25) is 0 Å². The first-order valence-corrected chi connectivity index (χ1v) is 4.12. The number of nitrogens with zero attached hydrogens (tertiary/aromatic N) is 1. The molecule has 1 aromatic carbocycles. The molecule has 0 saturated heterocycles. The van der Waals surface area contributed by atoms with E-state index in [-0.39, 0.29) is 0 Å². The normalized spacial score (nSPS) is 10.8. The van der Waals surface area contributed by atoms with Crippen molar-refractivity contribution in [3.8, 4) is 0 Å². The number of benzene rings is 1. The van der Waals surface area contributed by atoms with E-state index < -0.39 is 0 Å². The number of hydrogen-bond donors (Lipinski definition) is 2. The third-order valence-electron chi connectivity index (χ3n) is 1.77. The van der Waals surface area contributed by atoms with Gasteiger partial charge >= 0.3 is 0 Å². The van der Waals surface area contributed by atoms with Crippen LogP contribution in [0.3, 0.4) is 0 Å². The third-order valence-corrected chi connectivity index (χ3v) is 2.06. The molecule has 2 rings (SSSR count). The summed E-state index contributed by atoms with van der Waals surface area (Å²) in [5.74, 6) is 0.437. The molecular formula is C8H8ClN3. The average Bonchev–Trinajstić information content (AvgIpc) is 2.50. The Morgan fingerprint density at radius 3 is 3.08 bits per heavy atom. The highest BCUT2D eigenvalue weighted by Gasteiger charge is 2.03. The number of anilines is 1. The van der Waals surface area contributed by atoms with E-state index in [9.17, 15) is 0 Å². The average molecular weight is 182 g/mol. The molecule has 62 valence electrons. The molecule has 0 aliphatic carbocycles. The molecule has 0 fully saturated rings. The minimum Gasteiger partial charge on any atom is -0.399 e. The molecule has 0 aliphatic rings.